The minimum atomic E-state index is 0.0401. The molecule has 82 valence electrons. The summed E-state index contributed by atoms with van der Waals surface area (Å²) in [6, 6.07) is 6.63. The van der Waals surface area contributed by atoms with Crippen molar-refractivity contribution in [1.29, 1.82) is 0 Å². The minimum Gasteiger partial charge on any atom is -0.383 e. The van der Waals surface area contributed by atoms with Gasteiger partial charge in [0, 0.05) is 24.8 Å². The molecule has 1 aromatic carbocycles. The van der Waals surface area contributed by atoms with E-state index in [2.05, 4.69) is 23.5 Å². The number of nitrogens with one attached hydrogen (secondary N) is 1. The fourth-order valence-electron chi connectivity index (χ4n) is 2.01. The first-order valence-corrected chi connectivity index (χ1v) is 5.61. The van der Waals surface area contributed by atoms with Gasteiger partial charge in [-0.15, -0.1) is 0 Å². The van der Waals surface area contributed by atoms with Crippen molar-refractivity contribution in [2.24, 2.45) is 11.5 Å². The van der Waals surface area contributed by atoms with Gasteiger partial charge in [-0.1, -0.05) is 6.07 Å². The quantitative estimate of drug-likeness (QED) is 0.683. The van der Waals surface area contributed by atoms with Crippen molar-refractivity contribution in [3.8, 4) is 0 Å². The summed E-state index contributed by atoms with van der Waals surface area (Å²) in [7, 11) is 0. The molecule has 0 heterocycles. The molecule has 2 rings (SSSR count). The van der Waals surface area contributed by atoms with Gasteiger partial charge in [-0.2, -0.15) is 0 Å². The molecule has 3 nitrogen and oxygen atoms in total. The smallest absolute Gasteiger partial charge is 0.0343 e. The summed E-state index contributed by atoms with van der Waals surface area (Å²) < 4.78 is 0. The Bertz CT molecular complexity index is 336. The van der Waals surface area contributed by atoms with Crippen molar-refractivity contribution in [3.63, 3.8) is 0 Å². The van der Waals surface area contributed by atoms with Gasteiger partial charge in [0.25, 0.3) is 0 Å². The van der Waals surface area contributed by atoms with Gasteiger partial charge in [0.05, 0.1) is 0 Å². The van der Waals surface area contributed by atoms with Crippen LogP contribution in [-0.2, 0) is 12.8 Å². The number of nitrogens with two attached hydrogens (primary N) is 2. The molecule has 0 bridgehead atoms. The van der Waals surface area contributed by atoms with Crippen LogP contribution >= 0.6 is 0 Å². The monoisotopic (exact) mass is 205 g/mol. The molecule has 0 saturated heterocycles. The molecule has 0 aromatic heterocycles. The van der Waals surface area contributed by atoms with Gasteiger partial charge in [0.15, 0.2) is 0 Å². The number of hydrogen-bond donors (Lipinski definition) is 3. The van der Waals surface area contributed by atoms with E-state index in [1.807, 2.05) is 0 Å². The third-order valence-corrected chi connectivity index (χ3v) is 2.97. The topological polar surface area (TPSA) is 64.1 Å². The van der Waals surface area contributed by atoms with E-state index in [1.165, 1.54) is 36.1 Å². The van der Waals surface area contributed by atoms with E-state index in [9.17, 15) is 0 Å². The molecule has 1 atom stereocenters. The van der Waals surface area contributed by atoms with Crippen molar-refractivity contribution in [3.05, 3.63) is 29.3 Å². The average Bonchev–Trinajstić information content (AvgIpc) is 2.72. The lowest BCUT2D eigenvalue weighted by atomic mass is 10.1. The summed E-state index contributed by atoms with van der Waals surface area (Å²) in [4.78, 5) is 0. The van der Waals surface area contributed by atoms with Crippen LogP contribution in [0.2, 0.25) is 0 Å². The second-order valence-corrected chi connectivity index (χ2v) is 4.21. The fraction of sp³-hybridized carbons (Fsp3) is 0.500. The van der Waals surface area contributed by atoms with Crippen LogP contribution in [0.5, 0.6) is 0 Å². The van der Waals surface area contributed by atoms with E-state index in [-0.39, 0.29) is 6.04 Å². The molecule has 0 spiro atoms. The third-order valence-electron chi connectivity index (χ3n) is 2.97. The Labute approximate surface area is 90.8 Å². The molecule has 1 aliphatic carbocycles. The Kier molecular flexibility index (Phi) is 3.23. The van der Waals surface area contributed by atoms with Gasteiger partial charge >= 0.3 is 0 Å². The number of aryl methyl sites for hydroxylation is 2. The van der Waals surface area contributed by atoms with Crippen molar-refractivity contribution in [2.45, 2.75) is 25.3 Å². The number of fused-ring (bicyclic) bond motifs is 1. The summed E-state index contributed by atoms with van der Waals surface area (Å²) in [6.45, 7) is 1.27. The zero-order chi connectivity index (χ0) is 10.7. The van der Waals surface area contributed by atoms with E-state index in [1.54, 1.807) is 0 Å². The lowest BCUT2D eigenvalue weighted by Gasteiger charge is -2.12. The first kappa shape index (κ1) is 10.5. The predicted molar refractivity (Wildman–Crippen MR) is 64.0 cm³/mol. The number of rotatable bonds is 4. The molecular weight excluding hydrogens is 186 g/mol. The lowest BCUT2D eigenvalue weighted by Crippen LogP contribution is -2.36. The van der Waals surface area contributed by atoms with E-state index in [0.29, 0.717) is 6.54 Å². The fourth-order valence-corrected chi connectivity index (χ4v) is 2.01. The summed E-state index contributed by atoms with van der Waals surface area (Å²) >= 11 is 0. The van der Waals surface area contributed by atoms with Crippen LogP contribution in [-0.4, -0.2) is 19.1 Å². The molecule has 1 unspecified atom stereocenters. The average molecular weight is 205 g/mol. The molecule has 0 aliphatic heterocycles. The van der Waals surface area contributed by atoms with Crippen LogP contribution in [0, 0.1) is 0 Å². The van der Waals surface area contributed by atoms with Crippen LogP contribution in [0.15, 0.2) is 18.2 Å². The van der Waals surface area contributed by atoms with Crippen molar-refractivity contribution in [1.82, 2.24) is 0 Å². The second kappa shape index (κ2) is 4.64. The molecule has 0 fully saturated rings. The normalized spacial score (nSPS) is 16.1. The summed E-state index contributed by atoms with van der Waals surface area (Å²) in [6.07, 6.45) is 3.74. The van der Waals surface area contributed by atoms with Gasteiger partial charge < -0.3 is 16.8 Å². The van der Waals surface area contributed by atoms with E-state index < -0.39 is 0 Å². The summed E-state index contributed by atoms with van der Waals surface area (Å²) in [5, 5.41) is 3.32. The van der Waals surface area contributed by atoms with Crippen LogP contribution < -0.4 is 16.8 Å². The Hall–Kier alpha value is -1.06. The van der Waals surface area contributed by atoms with Crippen LogP contribution in [0.3, 0.4) is 0 Å². The molecule has 3 heteroatoms. The highest BCUT2D eigenvalue weighted by molar-refractivity contribution is 5.50. The third kappa shape index (κ3) is 2.49. The van der Waals surface area contributed by atoms with Gasteiger partial charge in [0.1, 0.15) is 0 Å². The largest absolute Gasteiger partial charge is 0.383 e. The summed E-state index contributed by atoms with van der Waals surface area (Å²) in [5.41, 5.74) is 15.4. The van der Waals surface area contributed by atoms with Crippen molar-refractivity contribution < 1.29 is 0 Å². The van der Waals surface area contributed by atoms with Gasteiger partial charge in [-0.3, -0.25) is 0 Å². The maximum atomic E-state index is 5.75. The van der Waals surface area contributed by atoms with E-state index in [4.69, 9.17) is 11.5 Å². The maximum absolute atomic E-state index is 5.75. The molecular formula is C12H19N3. The van der Waals surface area contributed by atoms with Gasteiger partial charge in [-0.05, 0) is 42.5 Å². The first-order valence-electron chi connectivity index (χ1n) is 5.61. The Balaban J connectivity index is 1.98. The first-order chi connectivity index (χ1) is 7.29. The van der Waals surface area contributed by atoms with Crippen LogP contribution in [0.4, 0.5) is 5.69 Å². The molecule has 0 amide bonds. The number of benzene rings is 1. The minimum absolute atomic E-state index is 0.0401. The molecule has 5 N–H and O–H groups in total. The van der Waals surface area contributed by atoms with Gasteiger partial charge in [0.2, 0.25) is 0 Å². The van der Waals surface area contributed by atoms with Crippen molar-refractivity contribution in [2.75, 3.05) is 18.4 Å². The highest BCUT2D eigenvalue weighted by atomic mass is 14.9. The van der Waals surface area contributed by atoms with Crippen LogP contribution in [0.1, 0.15) is 17.5 Å². The molecule has 0 radical (unpaired) electrons. The molecule has 1 aliphatic rings. The Morgan fingerprint density at radius 2 is 2.07 bits per heavy atom. The van der Waals surface area contributed by atoms with Crippen LogP contribution in [0.25, 0.3) is 0 Å². The molecule has 15 heavy (non-hydrogen) atoms. The zero-order valence-electron chi connectivity index (χ0n) is 9.00. The lowest BCUT2D eigenvalue weighted by molar-refractivity contribution is 0.713. The van der Waals surface area contributed by atoms with E-state index in [0.717, 1.165) is 6.54 Å². The van der Waals surface area contributed by atoms with Gasteiger partial charge in [-0.25, -0.2) is 0 Å². The number of anilines is 1. The SMILES string of the molecule is NCC(N)CNc1ccc2c(c1)CCC2. The van der Waals surface area contributed by atoms with E-state index >= 15 is 0 Å². The zero-order valence-corrected chi connectivity index (χ0v) is 9.00. The standard InChI is InChI=1S/C12H19N3/c13-7-11(14)8-15-12-5-4-9-2-1-3-10(9)6-12/h4-6,11,15H,1-3,7-8,13-14H2. The maximum Gasteiger partial charge on any atom is 0.0343 e. The molecule has 0 saturated carbocycles. The molecule has 1 aromatic rings. The number of hydrogen-bond acceptors (Lipinski definition) is 3. The highest BCUT2D eigenvalue weighted by Crippen LogP contribution is 2.24. The second-order valence-electron chi connectivity index (χ2n) is 4.21. The predicted octanol–water partition coefficient (Wildman–Crippen LogP) is 0.873. The Morgan fingerprint density at radius 1 is 1.27 bits per heavy atom. The summed E-state index contributed by atoms with van der Waals surface area (Å²) in [5.74, 6) is 0. The highest BCUT2D eigenvalue weighted by Gasteiger charge is 2.10. The van der Waals surface area contributed by atoms with Crippen molar-refractivity contribution >= 4 is 5.69 Å². The Morgan fingerprint density at radius 3 is 2.87 bits per heavy atom.